The molecule has 0 spiro atoms. The van der Waals surface area contributed by atoms with E-state index in [2.05, 4.69) is 15.0 Å². The van der Waals surface area contributed by atoms with Gasteiger partial charge in [-0.3, -0.25) is 9.52 Å². The molecule has 3 rings (SSSR count). The summed E-state index contributed by atoms with van der Waals surface area (Å²) in [5.74, 6) is -0.112. The van der Waals surface area contributed by atoms with Gasteiger partial charge in [0.25, 0.3) is 10.0 Å². The van der Waals surface area contributed by atoms with Gasteiger partial charge in [-0.25, -0.2) is 13.4 Å². The number of rotatable bonds is 5. The SMILES string of the molecule is CCC(=O)Nc1nc2ccc(NS(=O)(=O)c3ccccc3C)cc2s1. The lowest BCUT2D eigenvalue weighted by molar-refractivity contribution is -0.115. The largest absolute Gasteiger partial charge is 0.302 e. The highest BCUT2D eigenvalue weighted by Gasteiger charge is 2.17. The molecule has 1 amide bonds. The highest BCUT2D eigenvalue weighted by atomic mass is 32.2. The third-order valence-corrected chi connectivity index (χ3v) is 6.07. The van der Waals surface area contributed by atoms with Crippen molar-refractivity contribution >= 4 is 48.3 Å². The first-order valence-corrected chi connectivity index (χ1v) is 9.98. The van der Waals surface area contributed by atoms with Gasteiger partial charge in [0.1, 0.15) is 0 Å². The number of nitrogens with one attached hydrogen (secondary N) is 2. The van der Waals surface area contributed by atoms with Gasteiger partial charge in [-0.2, -0.15) is 0 Å². The molecule has 0 fully saturated rings. The molecule has 25 heavy (non-hydrogen) atoms. The summed E-state index contributed by atoms with van der Waals surface area (Å²) in [6, 6.07) is 11.9. The number of hydrogen-bond donors (Lipinski definition) is 2. The van der Waals surface area contributed by atoms with Crippen molar-refractivity contribution in [1.29, 1.82) is 0 Å². The lowest BCUT2D eigenvalue weighted by Gasteiger charge is -2.10. The molecule has 0 unspecified atom stereocenters. The summed E-state index contributed by atoms with van der Waals surface area (Å²) in [5, 5.41) is 3.21. The van der Waals surface area contributed by atoms with Crippen LogP contribution in [-0.4, -0.2) is 19.3 Å². The van der Waals surface area contributed by atoms with Gasteiger partial charge in [-0.1, -0.05) is 36.5 Å². The first kappa shape index (κ1) is 17.4. The molecule has 2 N–H and O–H groups in total. The molecule has 0 radical (unpaired) electrons. The van der Waals surface area contributed by atoms with E-state index in [0.717, 1.165) is 4.70 Å². The number of anilines is 2. The van der Waals surface area contributed by atoms with E-state index in [1.54, 1.807) is 56.3 Å². The number of amides is 1. The van der Waals surface area contributed by atoms with Crippen molar-refractivity contribution in [3.8, 4) is 0 Å². The summed E-state index contributed by atoms with van der Waals surface area (Å²) in [6.45, 7) is 3.52. The molecule has 0 aliphatic carbocycles. The molecule has 0 saturated carbocycles. The Morgan fingerprint density at radius 3 is 2.68 bits per heavy atom. The topological polar surface area (TPSA) is 88.2 Å². The number of benzene rings is 2. The van der Waals surface area contributed by atoms with Crippen LogP contribution in [0.4, 0.5) is 10.8 Å². The van der Waals surface area contributed by atoms with Crippen LogP contribution >= 0.6 is 11.3 Å². The molecule has 0 aliphatic rings. The van der Waals surface area contributed by atoms with Crippen LogP contribution < -0.4 is 10.0 Å². The quantitative estimate of drug-likeness (QED) is 0.711. The maximum absolute atomic E-state index is 12.6. The molecule has 0 atom stereocenters. The molecule has 1 heterocycles. The smallest absolute Gasteiger partial charge is 0.262 e. The lowest BCUT2D eigenvalue weighted by atomic mass is 10.2. The molecule has 130 valence electrons. The Morgan fingerprint density at radius 2 is 1.96 bits per heavy atom. The number of carbonyl (C=O) groups is 1. The number of nitrogens with zero attached hydrogens (tertiary/aromatic N) is 1. The molecular weight excluding hydrogens is 358 g/mol. The number of aryl methyl sites for hydroxylation is 1. The zero-order valence-corrected chi connectivity index (χ0v) is 15.4. The summed E-state index contributed by atoms with van der Waals surface area (Å²) in [6.07, 6.45) is 0.372. The lowest BCUT2D eigenvalue weighted by Crippen LogP contribution is -2.14. The standard InChI is InChI=1S/C17H17N3O3S2/c1-3-16(21)19-17-18-13-9-8-12(10-14(13)24-17)20-25(22,23)15-7-5-4-6-11(15)2/h4-10,20H,3H2,1-2H3,(H,18,19,21). The van der Waals surface area contributed by atoms with Crippen LogP contribution in [0.15, 0.2) is 47.4 Å². The van der Waals surface area contributed by atoms with Crippen molar-refractivity contribution in [1.82, 2.24) is 4.98 Å². The molecule has 6 nitrogen and oxygen atoms in total. The number of aromatic nitrogens is 1. The van der Waals surface area contributed by atoms with Crippen LogP contribution in [0.2, 0.25) is 0 Å². The first-order valence-electron chi connectivity index (χ1n) is 7.68. The molecule has 3 aromatic rings. The van der Waals surface area contributed by atoms with E-state index in [0.29, 0.717) is 28.3 Å². The fourth-order valence-corrected chi connectivity index (χ4v) is 4.54. The Balaban J connectivity index is 1.89. The van der Waals surface area contributed by atoms with Gasteiger partial charge in [0.15, 0.2) is 5.13 Å². The second-order valence-electron chi connectivity index (χ2n) is 5.47. The highest BCUT2D eigenvalue weighted by Crippen LogP contribution is 2.29. The fraction of sp³-hybridized carbons (Fsp3) is 0.176. The van der Waals surface area contributed by atoms with Gasteiger partial charge < -0.3 is 5.32 Å². The average molecular weight is 375 g/mol. The summed E-state index contributed by atoms with van der Waals surface area (Å²) in [5.41, 5.74) is 1.83. The van der Waals surface area contributed by atoms with Crippen molar-refractivity contribution in [2.75, 3.05) is 10.0 Å². The third-order valence-electron chi connectivity index (χ3n) is 3.59. The monoisotopic (exact) mass is 375 g/mol. The van der Waals surface area contributed by atoms with Crippen molar-refractivity contribution in [3.63, 3.8) is 0 Å². The Bertz CT molecular complexity index is 1040. The normalized spacial score (nSPS) is 11.4. The van der Waals surface area contributed by atoms with Crippen LogP contribution in [0.1, 0.15) is 18.9 Å². The van der Waals surface area contributed by atoms with E-state index < -0.39 is 10.0 Å². The van der Waals surface area contributed by atoms with Gasteiger partial charge >= 0.3 is 0 Å². The van der Waals surface area contributed by atoms with E-state index in [1.165, 1.54) is 11.3 Å². The second kappa shape index (κ2) is 6.81. The van der Waals surface area contributed by atoms with Crippen LogP contribution in [0.3, 0.4) is 0 Å². The maximum Gasteiger partial charge on any atom is 0.262 e. The maximum atomic E-state index is 12.6. The molecule has 8 heteroatoms. The Morgan fingerprint density at radius 1 is 1.20 bits per heavy atom. The van der Waals surface area contributed by atoms with Gasteiger partial charge in [0, 0.05) is 6.42 Å². The van der Waals surface area contributed by atoms with Gasteiger partial charge in [-0.05, 0) is 36.8 Å². The van der Waals surface area contributed by atoms with E-state index in [1.807, 2.05) is 0 Å². The number of carbonyl (C=O) groups excluding carboxylic acids is 1. The minimum absolute atomic E-state index is 0.112. The summed E-state index contributed by atoms with van der Waals surface area (Å²) >= 11 is 1.30. The number of hydrogen-bond acceptors (Lipinski definition) is 5. The van der Waals surface area contributed by atoms with Crippen molar-refractivity contribution in [2.45, 2.75) is 25.2 Å². The second-order valence-corrected chi connectivity index (χ2v) is 8.16. The summed E-state index contributed by atoms with van der Waals surface area (Å²) in [4.78, 5) is 16.0. The predicted octanol–water partition coefficient (Wildman–Crippen LogP) is 3.75. The number of sulfonamides is 1. The van der Waals surface area contributed by atoms with Crippen LogP contribution in [0.5, 0.6) is 0 Å². The molecule has 0 aliphatic heterocycles. The number of fused-ring (bicyclic) bond motifs is 1. The zero-order valence-electron chi connectivity index (χ0n) is 13.7. The Kier molecular flexibility index (Phi) is 4.73. The molecule has 0 bridgehead atoms. The molecular formula is C17H17N3O3S2. The minimum atomic E-state index is -3.66. The van der Waals surface area contributed by atoms with Crippen molar-refractivity contribution in [2.24, 2.45) is 0 Å². The number of thiazole rings is 1. The Labute approximate surface area is 150 Å². The molecule has 0 saturated heterocycles. The van der Waals surface area contributed by atoms with E-state index in [9.17, 15) is 13.2 Å². The van der Waals surface area contributed by atoms with Gasteiger partial charge in [0.2, 0.25) is 5.91 Å². The summed E-state index contributed by atoms with van der Waals surface area (Å²) < 4.78 is 28.5. The first-order chi connectivity index (χ1) is 11.9. The highest BCUT2D eigenvalue weighted by molar-refractivity contribution is 7.92. The predicted molar refractivity (Wildman–Crippen MR) is 101 cm³/mol. The van der Waals surface area contributed by atoms with Crippen LogP contribution in [0, 0.1) is 6.92 Å². The van der Waals surface area contributed by atoms with Crippen LogP contribution in [-0.2, 0) is 14.8 Å². The van der Waals surface area contributed by atoms with Crippen molar-refractivity contribution in [3.05, 3.63) is 48.0 Å². The Hall–Kier alpha value is -2.45. The van der Waals surface area contributed by atoms with E-state index in [-0.39, 0.29) is 10.8 Å². The third kappa shape index (κ3) is 3.80. The summed E-state index contributed by atoms with van der Waals surface area (Å²) in [7, 11) is -3.66. The van der Waals surface area contributed by atoms with Gasteiger partial charge in [-0.15, -0.1) is 0 Å². The van der Waals surface area contributed by atoms with Crippen molar-refractivity contribution < 1.29 is 13.2 Å². The molecule has 2 aromatic carbocycles. The van der Waals surface area contributed by atoms with Gasteiger partial charge in [0.05, 0.1) is 20.8 Å². The fourth-order valence-electron chi connectivity index (χ4n) is 2.32. The van der Waals surface area contributed by atoms with Crippen LogP contribution in [0.25, 0.3) is 10.2 Å². The zero-order chi connectivity index (χ0) is 18.0. The van der Waals surface area contributed by atoms with E-state index in [4.69, 9.17) is 0 Å². The molecule has 1 aromatic heterocycles. The van der Waals surface area contributed by atoms with E-state index >= 15 is 0 Å². The average Bonchev–Trinajstić information content (AvgIpc) is 2.96. The minimum Gasteiger partial charge on any atom is -0.302 e.